The van der Waals surface area contributed by atoms with Gasteiger partial charge in [-0.15, -0.1) is 0 Å². The largest absolute Gasteiger partial charge is 0.504 e. The summed E-state index contributed by atoms with van der Waals surface area (Å²) in [5.41, 5.74) is 1.05. The summed E-state index contributed by atoms with van der Waals surface area (Å²) in [6.45, 7) is 5.02. The van der Waals surface area contributed by atoms with Crippen LogP contribution in [0.25, 0.3) is 0 Å². The Labute approximate surface area is 103 Å². The standard InChI is InChI=1S/C14H22O3/c1-4-6-9-17-13(5-2)11-7-8-12(15)14(10-11)16-3/h7-8,10,13,15H,4-6,9H2,1-3H3. The molecule has 0 aliphatic heterocycles. The highest BCUT2D eigenvalue weighted by Gasteiger charge is 2.12. The molecule has 0 aromatic heterocycles. The fourth-order valence-electron chi connectivity index (χ4n) is 1.71. The highest BCUT2D eigenvalue weighted by atomic mass is 16.5. The fraction of sp³-hybridized carbons (Fsp3) is 0.571. The Hall–Kier alpha value is -1.22. The number of benzene rings is 1. The molecule has 1 atom stereocenters. The Morgan fingerprint density at radius 3 is 2.65 bits per heavy atom. The van der Waals surface area contributed by atoms with Crippen molar-refractivity contribution < 1.29 is 14.6 Å². The average molecular weight is 238 g/mol. The summed E-state index contributed by atoms with van der Waals surface area (Å²) in [4.78, 5) is 0. The number of hydrogen-bond donors (Lipinski definition) is 1. The number of hydrogen-bond acceptors (Lipinski definition) is 3. The molecule has 96 valence electrons. The minimum Gasteiger partial charge on any atom is -0.504 e. The van der Waals surface area contributed by atoms with Gasteiger partial charge in [-0.2, -0.15) is 0 Å². The lowest BCUT2D eigenvalue weighted by Crippen LogP contribution is -2.04. The van der Waals surface area contributed by atoms with E-state index in [9.17, 15) is 5.11 Å². The van der Waals surface area contributed by atoms with Gasteiger partial charge in [0.25, 0.3) is 0 Å². The molecule has 0 amide bonds. The first kappa shape index (κ1) is 13.8. The number of phenolic OH excluding ortho intramolecular Hbond substituents is 1. The highest BCUT2D eigenvalue weighted by molar-refractivity contribution is 5.42. The molecule has 0 saturated heterocycles. The van der Waals surface area contributed by atoms with Gasteiger partial charge in [0.1, 0.15) is 0 Å². The van der Waals surface area contributed by atoms with Crippen molar-refractivity contribution in [2.45, 2.75) is 39.2 Å². The van der Waals surface area contributed by atoms with Crippen molar-refractivity contribution in [3.05, 3.63) is 23.8 Å². The number of phenols is 1. The molecule has 1 N–H and O–H groups in total. The maximum atomic E-state index is 9.54. The van der Waals surface area contributed by atoms with Crippen molar-refractivity contribution in [1.29, 1.82) is 0 Å². The van der Waals surface area contributed by atoms with Gasteiger partial charge in [0.05, 0.1) is 13.2 Å². The van der Waals surface area contributed by atoms with Crippen LogP contribution in [0.3, 0.4) is 0 Å². The highest BCUT2D eigenvalue weighted by Crippen LogP contribution is 2.31. The van der Waals surface area contributed by atoms with E-state index in [2.05, 4.69) is 13.8 Å². The van der Waals surface area contributed by atoms with Crippen LogP contribution in [0.4, 0.5) is 0 Å². The number of ether oxygens (including phenoxy) is 2. The van der Waals surface area contributed by atoms with Crippen LogP contribution in [-0.2, 0) is 4.74 Å². The van der Waals surface area contributed by atoms with E-state index in [-0.39, 0.29) is 11.9 Å². The Kier molecular flexibility index (Phi) is 5.84. The van der Waals surface area contributed by atoms with E-state index < -0.39 is 0 Å². The number of rotatable bonds is 7. The second-order valence-corrected chi connectivity index (χ2v) is 4.05. The van der Waals surface area contributed by atoms with Crippen LogP contribution in [0.5, 0.6) is 11.5 Å². The lowest BCUT2D eigenvalue weighted by atomic mass is 10.1. The van der Waals surface area contributed by atoms with E-state index in [1.54, 1.807) is 13.2 Å². The first-order valence-electron chi connectivity index (χ1n) is 6.21. The van der Waals surface area contributed by atoms with Gasteiger partial charge >= 0.3 is 0 Å². The van der Waals surface area contributed by atoms with Gasteiger partial charge in [0.15, 0.2) is 11.5 Å². The molecular weight excluding hydrogens is 216 g/mol. The normalized spacial score (nSPS) is 12.4. The molecule has 0 heterocycles. The van der Waals surface area contributed by atoms with Crippen molar-refractivity contribution in [3.8, 4) is 11.5 Å². The Bertz CT molecular complexity index is 336. The van der Waals surface area contributed by atoms with E-state index >= 15 is 0 Å². The van der Waals surface area contributed by atoms with Gasteiger partial charge in [-0.3, -0.25) is 0 Å². The molecule has 1 aromatic rings. The molecule has 3 heteroatoms. The van der Waals surface area contributed by atoms with Crippen molar-refractivity contribution in [1.82, 2.24) is 0 Å². The zero-order valence-electron chi connectivity index (χ0n) is 10.9. The molecule has 0 radical (unpaired) electrons. The van der Waals surface area contributed by atoms with Crippen LogP contribution in [0, 0.1) is 0 Å². The fourth-order valence-corrected chi connectivity index (χ4v) is 1.71. The number of aromatic hydroxyl groups is 1. The summed E-state index contributed by atoms with van der Waals surface area (Å²) in [7, 11) is 1.55. The first-order valence-corrected chi connectivity index (χ1v) is 6.21. The maximum Gasteiger partial charge on any atom is 0.160 e. The zero-order valence-corrected chi connectivity index (χ0v) is 10.9. The van der Waals surface area contributed by atoms with Crippen molar-refractivity contribution in [2.24, 2.45) is 0 Å². The van der Waals surface area contributed by atoms with E-state index in [0.717, 1.165) is 31.4 Å². The maximum absolute atomic E-state index is 9.54. The van der Waals surface area contributed by atoms with Crippen LogP contribution in [0.15, 0.2) is 18.2 Å². The molecule has 1 unspecified atom stereocenters. The van der Waals surface area contributed by atoms with E-state index in [0.29, 0.717) is 5.75 Å². The van der Waals surface area contributed by atoms with E-state index in [1.165, 1.54) is 0 Å². The van der Waals surface area contributed by atoms with Crippen LogP contribution in [0.1, 0.15) is 44.8 Å². The quantitative estimate of drug-likeness (QED) is 0.737. The molecule has 3 nitrogen and oxygen atoms in total. The Balaban J connectivity index is 2.73. The van der Waals surface area contributed by atoms with Gasteiger partial charge in [-0.05, 0) is 30.5 Å². The zero-order chi connectivity index (χ0) is 12.7. The predicted octanol–water partition coefficient (Wildman–Crippen LogP) is 3.67. The van der Waals surface area contributed by atoms with E-state index in [1.807, 2.05) is 12.1 Å². The van der Waals surface area contributed by atoms with Crippen LogP contribution in [0.2, 0.25) is 0 Å². The second-order valence-electron chi connectivity index (χ2n) is 4.05. The molecule has 0 bridgehead atoms. The predicted molar refractivity (Wildman–Crippen MR) is 68.6 cm³/mol. The summed E-state index contributed by atoms with van der Waals surface area (Å²) < 4.78 is 10.9. The first-order chi connectivity index (χ1) is 8.22. The van der Waals surface area contributed by atoms with Gasteiger partial charge in [0.2, 0.25) is 0 Å². The third-order valence-corrected chi connectivity index (χ3v) is 2.76. The lowest BCUT2D eigenvalue weighted by molar-refractivity contribution is 0.0479. The van der Waals surface area contributed by atoms with Crippen molar-refractivity contribution >= 4 is 0 Å². The molecule has 0 aliphatic carbocycles. The van der Waals surface area contributed by atoms with Gasteiger partial charge < -0.3 is 14.6 Å². The topological polar surface area (TPSA) is 38.7 Å². The van der Waals surface area contributed by atoms with Crippen molar-refractivity contribution in [2.75, 3.05) is 13.7 Å². The van der Waals surface area contributed by atoms with Gasteiger partial charge in [-0.25, -0.2) is 0 Å². The van der Waals surface area contributed by atoms with Crippen LogP contribution < -0.4 is 4.74 Å². The number of methoxy groups -OCH3 is 1. The molecule has 1 aromatic carbocycles. The van der Waals surface area contributed by atoms with Crippen molar-refractivity contribution in [3.63, 3.8) is 0 Å². The smallest absolute Gasteiger partial charge is 0.160 e. The van der Waals surface area contributed by atoms with Gasteiger partial charge in [0, 0.05) is 6.61 Å². The Morgan fingerprint density at radius 1 is 1.29 bits per heavy atom. The molecular formula is C14H22O3. The minimum absolute atomic E-state index is 0.0797. The Morgan fingerprint density at radius 2 is 2.06 bits per heavy atom. The number of unbranched alkanes of at least 4 members (excludes halogenated alkanes) is 1. The summed E-state index contributed by atoms with van der Waals surface area (Å²) in [5.74, 6) is 0.666. The molecule has 1 rings (SSSR count). The van der Waals surface area contributed by atoms with Crippen LogP contribution in [-0.4, -0.2) is 18.8 Å². The SMILES string of the molecule is CCCCOC(CC)c1ccc(O)c(OC)c1. The molecule has 0 fully saturated rings. The molecule has 0 spiro atoms. The van der Waals surface area contributed by atoms with Gasteiger partial charge in [-0.1, -0.05) is 26.3 Å². The molecule has 0 aliphatic rings. The summed E-state index contributed by atoms with van der Waals surface area (Å²) in [5, 5.41) is 9.54. The molecule has 17 heavy (non-hydrogen) atoms. The second kappa shape index (κ2) is 7.17. The van der Waals surface area contributed by atoms with Crippen LogP contribution >= 0.6 is 0 Å². The summed E-state index contributed by atoms with van der Waals surface area (Å²) in [6, 6.07) is 5.38. The third-order valence-electron chi connectivity index (χ3n) is 2.76. The summed E-state index contributed by atoms with van der Waals surface area (Å²) >= 11 is 0. The monoisotopic (exact) mass is 238 g/mol. The van der Waals surface area contributed by atoms with E-state index in [4.69, 9.17) is 9.47 Å². The minimum atomic E-state index is 0.0797. The summed E-state index contributed by atoms with van der Waals surface area (Å²) in [6.07, 6.45) is 3.20. The lowest BCUT2D eigenvalue weighted by Gasteiger charge is -2.17. The average Bonchev–Trinajstić information content (AvgIpc) is 2.36. The molecule has 0 saturated carbocycles. The third kappa shape index (κ3) is 3.93.